The van der Waals surface area contributed by atoms with Crippen LogP contribution in [0.2, 0.25) is 0 Å². The van der Waals surface area contributed by atoms with Crippen LogP contribution in [-0.4, -0.2) is 326 Å². The zero-order valence-corrected chi connectivity index (χ0v) is 35.0. The van der Waals surface area contributed by atoms with Gasteiger partial charge >= 0.3 is 0 Å². The Morgan fingerprint density at radius 2 is 0.418 bits per heavy atom. The molecule has 0 bridgehead atoms. The molecule has 0 amide bonds. The fourth-order valence-electron chi connectivity index (χ4n) is 7.99. The van der Waals surface area contributed by atoms with E-state index in [1.54, 1.807) is 0 Å². The fourth-order valence-corrected chi connectivity index (χ4v) is 7.99. The Balaban J connectivity index is 1.01. The molecule has 0 aromatic carbocycles. The van der Waals surface area contributed by atoms with E-state index < -0.39 is 224 Å². The van der Waals surface area contributed by atoms with E-state index in [1.165, 1.54) is 0 Å². The second-order valence-corrected chi connectivity index (χ2v) is 17.0. The Kier molecular flexibility index (Phi) is 19.4. The number of hydrogen-bond acceptors (Lipinski definition) is 31. The van der Waals surface area contributed by atoms with Crippen LogP contribution in [-0.2, 0) is 52.1 Å². The lowest BCUT2D eigenvalue weighted by molar-refractivity contribution is -0.352. The molecule has 6 fully saturated rings. The van der Waals surface area contributed by atoms with E-state index in [0.29, 0.717) is 0 Å². The maximum atomic E-state index is 10.7. The zero-order valence-electron chi connectivity index (χ0n) is 35.0. The third kappa shape index (κ3) is 12.0. The van der Waals surface area contributed by atoms with Gasteiger partial charge in [-0.1, -0.05) is 0 Å². The molecule has 392 valence electrons. The number of rotatable bonds is 16. The summed E-state index contributed by atoms with van der Waals surface area (Å²) in [5.41, 5.74) is 0. The summed E-state index contributed by atoms with van der Waals surface area (Å²) in [4.78, 5) is 0. The van der Waals surface area contributed by atoms with Crippen molar-refractivity contribution in [3.05, 3.63) is 0 Å². The normalized spacial score (nSPS) is 53.4. The fraction of sp³-hybridized carbons (Fsp3) is 1.00. The van der Waals surface area contributed by atoms with E-state index in [1.807, 2.05) is 0 Å². The molecule has 30 atom stereocenters. The summed E-state index contributed by atoms with van der Waals surface area (Å²) in [5, 5.41) is 206. The smallest absolute Gasteiger partial charge is 0.186 e. The molecule has 6 heterocycles. The van der Waals surface area contributed by atoms with Crippen molar-refractivity contribution in [2.45, 2.75) is 184 Å². The highest BCUT2D eigenvalue weighted by molar-refractivity contribution is 4.96. The first-order valence-corrected chi connectivity index (χ1v) is 21.1. The Labute approximate surface area is 378 Å². The average molecular weight is 991 g/mol. The van der Waals surface area contributed by atoms with Gasteiger partial charge in [-0.15, -0.1) is 0 Å². The van der Waals surface area contributed by atoms with Crippen molar-refractivity contribution < 1.29 is 154 Å². The third-order valence-corrected chi connectivity index (χ3v) is 12.3. The van der Waals surface area contributed by atoms with Crippen molar-refractivity contribution in [3.63, 3.8) is 0 Å². The molecule has 0 aromatic rings. The van der Waals surface area contributed by atoms with Crippen LogP contribution in [0, 0.1) is 0 Å². The first kappa shape index (κ1) is 55.1. The molecule has 0 radical (unpaired) electrons. The average Bonchev–Trinajstić information content (AvgIpc) is 3.31. The van der Waals surface area contributed by atoms with Gasteiger partial charge in [-0.05, 0) is 0 Å². The molecule has 6 aliphatic rings. The summed E-state index contributed by atoms with van der Waals surface area (Å²) in [6, 6.07) is 0. The molecule has 6 saturated heterocycles. The molecule has 0 aromatic heterocycles. The molecular formula is C36H62O31. The predicted octanol–water partition coefficient (Wildman–Crippen LogP) is -14.1. The van der Waals surface area contributed by atoms with Gasteiger partial charge in [-0.25, -0.2) is 0 Å². The molecule has 6 rings (SSSR count). The van der Waals surface area contributed by atoms with E-state index >= 15 is 0 Å². The van der Waals surface area contributed by atoms with Gasteiger partial charge in [-0.2, -0.15) is 0 Å². The molecule has 31 nitrogen and oxygen atoms in total. The van der Waals surface area contributed by atoms with Crippen LogP contribution in [0.5, 0.6) is 0 Å². The van der Waals surface area contributed by atoms with Crippen molar-refractivity contribution >= 4 is 0 Å². The topological polar surface area (TPSA) is 506 Å². The van der Waals surface area contributed by atoms with Crippen LogP contribution >= 0.6 is 0 Å². The third-order valence-electron chi connectivity index (χ3n) is 12.3. The van der Waals surface area contributed by atoms with Gasteiger partial charge in [0.15, 0.2) is 37.7 Å². The lowest BCUT2D eigenvalue weighted by Gasteiger charge is -2.44. The van der Waals surface area contributed by atoms with Crippen LogP contribution in [0.4, 0.5) is 0 Å². The number of aliphatic hydroxyl groups excluding tert-OH is 20. The summed E-state index contributed by atoms with van der Waals surface area (Å²) in [6.45, 7) is -4.51. The Morgan fingerprint density at radius 3 is 0.657 bits per heavy atom. The molecule has 6 unspecified atom stereocenters. The zero-order chi connectivity index (χ0) is 49.3. The van der Waals surface area contributed by atoms with E-state index in [0.717, 1.165) is 0 Å². The summed E-state index contributed by atoms with van der Waals surface area (Å²) < 4.78 is 59.7. The van der Waals surface area contributed by atoms with Gasteiger partial charge in [-0.3, -0.25) is 0 Å². The van der Waals surface area contributed by atoms with Crippen LogP contribution in [0.25, 0.3) is 0 Å². The second-order valence-electron chi connectivity index (χ2n) is 17.0. The van der Waals surface area contributed by atoms with Gasteiger partial charge in [0.25, 0.3) is 0 Å². The van der Waals surface area contributed by atoms with E-state index in [2.05, 4.69) is 0 Å². The highest BCUT2D eigenvalue weighted by Gasteiger charge is 2.52. The molecule has 0 aliphatic carbocycles. The number of ether oxygens (including phenoxy) is 11. The monoisotopic (exact) mass is 990 g/mol. The molecule has 0 spiro atoms. The minimum Gasteiger partial charge on any atom is -0.394 e. The van der Waals surface area contributed by atoms with Gasteiger partial charge in [0, 0.05) is 0 Å². The standard InChI is InChI=1S/C36H62O31/c37-1-7-13(38)20(45)26(51)32(63-7)58-3-9-15(40)22(47)28(53)34(65-9)60-5-11-17(42)24(49)30(55)36(67-11)61-6-12-18(43)23(48)29(54)35(66-12)59-4-10-16(41)21(46)27(52)33(64-10)57-2-8-14(39)19(44)25(50)31(56)62-8/h7-56H,1-6H2/t7-,8-,9-,10-,11-,12-,13-,14-,15-,16-,17-,18-,19?,20+,21+,22?,23+,24+,25-,26?,27?,28-,29-,30?,31+,32-,33-,34-,35?,36-/m1/s1. The molecule has 0 saturated carbocycles. The summed E-state index contributed by atoms with van der Waals surface area (Å²) >= 11 is 0. The number of aliphatic hydroxyl groups is 20. The lowest BCUT2D eigenvalue weighted by atomic mass is 9.97. The van der Waals surface area contributed by atoms with Crippen LogP contribution in [0.3, 0.4) is 0 Å². The maximum Gasteiger partial charge on any atom is 0.186 e. The Bertz CT molecular complexity index is 1510. The van der Waals surface area contributed by atoms with Crippen LogP contribution in [0.15, 0.2) is 0 Å². The molecule has 67 heavy (non-hydrogen) atoms. The minimum absolute atomic E-state index is 0.692. The molecular weight excluding hydrogens is 928 g/mol. The molecule has 31 heteroatoms. The second kappa shape index (κ2) is 23.5. The Hall–Kier alpha value is -1.24. The van der Waals surface area contributed by atoms with Crippen molar-refractivity contribution in [1.29, 1.82) is 0 Å². The van der Waals surface area contributed by atoms with Gasteiger partial charge < -0.3 is 154 Å². The maximum absolute atomic E-state index is 10.7. The van der Waals surface area contributed by atoms with Gasteiger partial charge in [0.1, 0.15) is 146 Å². The van der Waals surface area contributed by atoms with E-state index in [4.69, 9.17) is 52.1 Å². The van der Waals surface area contributed by atoms with Crippen LogP contribution < -0.4 is 0 Å². The highest BCUT2D eigenvalue weighted by Crippen LogP contribution is 2.31. The lowest BCUT2D eigenvalue weighted by Crippen LogP contribution is -2.63. The highest BCUT2D eigenvalue weighted by atomic mass is 16.8. The van der Waals surface area contributed by atoms with Gasteiger partial charge in [0.2, 0.25) is 0 Å². The molecule has 20 N–H and O–H groups in total. The van der Waals surface area contributed by atoms with Crippen molar-refractivity contribution in [2.24, 2.45) is 0 Å². The summed E-state index contributed by atoms with van der Waals surface area (Å²) in [7, 11) is 0. The van der Waals surface area contributed by atoms with E-state index in [9.17, 15) is 102 Å². The Morgan fingerprint density at radius 1 is 0.224 bits per heavy atom. The molecule has 6 aliphatic heterocycles. The first-order chi connectivity index (χ1) is 31.6. The van der Waals surface area contributed by atoms with Crippen molar-refractivity contribution in [1.82, 2.24) is 0 Å². The van der Waals surface area contributed by atoms with E-state index in [-0.39, 0.29) is 0 Å². The largest absolute Gasteiger partial charge is 0.394 e. The number of hydrogen-bond donors (Lipinski definition) is 20. The van der Waals surface area contributed by atoms with Crippen LogP contribution in [0.1, 0.15) is 0 Å². The predicted molar refractivity (Wildman–Crippen MR) is 199 cm³/mol. The summed E-state index contributed by atoms with van der Waals surface area (Å²) in [5.74, 6) is 0. The van der Waals surface area contributed by atoms with Crippen molar-refractivity contribution in [3.8, 4) is 0 Å². The quantitative estimate of drug-likeness (QED) is 0.0683. The minimum atomic E-state index is -2.01. The SMILES string of the molecule is OC[C@H]1O[C@@H](OC[C@H]2O[C@@H](OC[C@H]3O[C@@H](OC[C@H]4OC(OC[C@H]5O[C@@H](OC[C@H]6O[C@H](O)[C@H](O)C(O)[C@@H]6O)C(O)[C@@H](O)[C@@H]5O)[C@H](O)[C@@H](O)[C@@H]4O)C(O)[C@@H](O)[C@@H]3O)[C@H](O)C(O)[C@@H]2O)C(O)[C@@H](O)[C@@H]1O. The first-order valence-electron chi connectivity index (χ1n) is 21.1. The van der Waals surface area contributed by atoms with Gasteiger partial charge in [0.05, 0.1) is 39.6 Å². The summed E-state index contributed by atoms with van der Waals surface area (Å²) in [6.07, 6.45) is -54.2. The van der Waals surface area contributed by atoms with Crippen molar-refractivity contribution in [2.75, 3.05) is 39.6 Å².